The van der Waals surface area contributed by atoms with E-state index in [9.17, 15) is 13.2 Å². The number of rotatable bonds is 2. The van der Waals surface area contributed by atoms with E-state index in [1.807, 2.05) is 0 Å². The van der Waals surface area contributed by atoms with Crippen molar-refractivity contribution in [3.8, 4) is 11.4 Å². The quantitative estimate of drug-likeness (QED) is 0.848. The van der Waals surface area contributed by atoms with E-state index in [-0.39, 0.29) is 29.2 Å². The number of hydrogen-bond donors (Lipinski definition) is 1. The summed E-state index contributed by atoms with van der Waals surface area (Å²) in [4.78, 5) is 4.03. The Balaban J connectivity index is 1.94. The predicted octanol–water partition coefficient (Wildman–Crippen LogP) is 1.60. The van der Waals surface area contributed by atoms with Gasteiger partial charge in [0.1, 0.15) is 0 Å². The number of benzene rings is 1. The summed E-state index contributed by atoms with van der Waals surface area (Å²) in [6, 6.07) is 1.33. The largest absolute Gasteiger partial charge is 0.379 e. The van der Waals surface area contributed by atoms with Crippen LogP contribution in [0.2, 0.25) is 0 Å². The third-order valence-electron chi connectivity index (χ3n) is 3.13. The first-order valence-corrected chi connectivity index (χ1v) is 5.88. The van der Waals surface area contributed by atoms with Crippen LogP contribution < -0.4 is 5.73 Å². The van der Waals surface area contributed by atoms with Crippen molar-refractivity contribution in [2.45, 2.75) is 12.0 Å². The van der Waals surface area contributed by atoms with E-state index in [1.165, 1.54) is 0 Å². The van der Waals surface area contributed by atoms with Gasteiger partial charge in [0.15, 0.2) is 17.5 Å². The van der Waals surface area contributed by atoms with Gasteiger partial charge >= 0.3 is 0 Å². The molecule has 1 aromatic heterocycles. The van der Waals surface area contributed by atoms with E-state index in [0.29, 0.717) is 13.2 Å². The SMILES string of the molecule is NC1COCC1c1nc(-c2cc(F)c(F)c(F)c2)no1. The van der Waals surface area contributed by atoms with Gasteiger partial charge in [-0.05, 0) is 12.1 Å². The maximum atomic E-state index is 13.2. The lowest BCUT2D eigenvalue weighted by Gasteiger charge is -2.06. The topological polar surface area (TPSA) is 74.2 Å². The molecule has 1 aliphatic heterocycles. The van der Waals surface area contributed by atoms with Crippen LogP contribution in [0.1, 0.15) is 11.8 Å². The number of nitrogens with zero attached hydrogens (tertiary/aromatic N) is 2. The molecule has 106 valence electrons. The lowest BCUT2D eigenvalue weighted by Crippen LogP contribution is -2.26. The van der Waals surface area contributed by atoms with E-state index in [1.54, 1.807) is 0 Å². The second-order valence-electron chi connectivity index (χ2n) is 4.52. The van der Waals surface area contributed by atoms with Crippen LogP contribution in [0, 0.1) is 17.5 Å². The van der Waals surface area contributed by atoms with E-state index >= 15 is 0 Å². The first-order chi connectivity index (χ1) is 9.56. The Bertz CT molecular complexity index is 624. The molecule has 0 radical (unpaired) electrons. The van der Waals surface area contributed by atoms with Crippen molar-refractivity contribution in [2.24, 2.45) is 5.73 Å². The summed E-state index contributed by atoms with van der Waals surface area (Å²) in [5.41, 5.74) is 5.79. The third-order valence-corrected chi connectivity index (χ3v) is 3.13. The highest BCUT2D eigenvalue weighted by molar-refractivity contribution is 5.54. The van der Waals surface area contributed by atoms with E-state index in [4.69, 9.17) is 15.0 Å². The van der Waals surface area contributed by atoms with E-state index < -0.39 is 17.5 Å². The monoisotopic (exact) mass is 285 g/mol. The molecular formula is C12H10F3N3O2. The maximum Gasteiger partial charge on any atom is 0.234 e. The first kappa shape index (κ1) is 13.1. The van der Waals surface area contributed by atoms with Crippen molar-refractivity contribution in [1.82, 2.24) is 10.1 Å². The molecule has 3 rings (SSSR count). The average Bonchev–Trinajstić information content (AvgIpc) is 3.03. The molecule has 2 N–H and O–H groups in total. The lowest BCUT2D eigenvalue weighted by molar-refractivity contribution is 0.187. The van der Waals surface area contributed by atoms with Crippen LogP contribution in [0.3, 0.4) is 0 Å². The van der Waals surface area contributed by atoms with Gasteiger partial charge in [0.25, 0.3) is 0 Å². The van der Waals surface area contributed by atoms with Gasteiger partial charge in [-0.2, -0.15) is 4.98 Å². The van der Waals surface area contributed by atoms with Crippen LogP contribution in [0.4, 0.5) is 13.2 Å². The van der Waals surface area contributed by atoms with Gasteiger partial charge < -0.3 is 15.0 Å². The molecular weight excluding hydrogens is 275 g/mol. The van der Waals surface area contributed by atoms with Crippen LogP contribution in [0.15, 0.2) is 16.7 Å². The van der Waals surface area contributed by atoms with E-state index in [0.717, 1.165) is 12.1 Å². The first-order valence-electron chi connectivity index (χ1n) is 5.88. The Kier molecular flexibility index (Phi) is 3.19. The fraction of sp³-hybridized carbons (Fsp3) is 0.333. The summed E-state index contributed by atoms with van der Waals surface area (Å²) >= 11 is 0. The number of aromatic nitrogens is 2. The van der Waals surface area contributed by atoms with Gasteiger partial charge in [0, 0.05) is 11.6 Å². The van der Waals surface area contributed by atoms with Crippen molar-refractivity contribution in [2.75, 3.05) is 13.2 Å². The maximum absolute atomic E-state index is 13.2. The molecule has 0 spiro atoms. The van der Waals surface area contributed by atoms with Crippen molar-refractivity contribution in [1.29, 1.82) is 0 Å². The predicted molar refractivity (Wildman–Crippen MR) is 61.1 cm³/mol. The molecule has 2 unspecified atom stereocenters. The summed E-state index contributed by atoms with van der Waals surface area (Å²) in [7, 11) is 0. The molecule has 0 saturated carbocycles. The van der Waals surface area contributed by atoms with Gasteiger partial charge in [-0.15, -0.1) is 0 Å². The van der Waals surface area contributed by atoms with Crippen LogP contribution >= 0.6 is 0 Å². The number of nitrogens with two attached hydrogens (primary N) is 1. The molecule has 20 heavy (non-hydrogen) atoms. The summed E-state index contributed by atoms with van der Waals surface area (Å²) in [6.07, 6.45) is 0. The Morgan fingerprint density at radius 2 is 1.85 bits per heavy atom. The molecule has 8 heteroatoms. The van der Waals surface area contributed by atoms with Crippen molar-refractivity contribution < 1.29 is 22.4 Å². The molecule has 0 amide bonds. The average molecular weight is 285 g/mol. The molecule has 1 saturated heterocycles. The van der Waals surface area contributed by atoms with Gasteiger partial charge in [-0.1, -0.05) is 5.16 Å². The van der Waals surface area contributed by atoms with Crippen LogP contribution in [0.5, 0.6) is 0 Å². The highest BCUT2D eigenvalue weighted by Gasteiger charge is 2.31. The van der Waals surface area contributed by atoms with E-state index in [2.05, 4.69) is 10.1 Å². The zero-order valence-electron chi connectivity index (χ0n) is 10.1. The Hall–Kier alpha value is -1.93. The van der Waals surface area contributed by atoms with Crippen molar-refractivity contribution >= 4 is 0 Å². The highest BCUT2D eigenvalue weighted by Crippen LogP contribution is 2.26. The molecule has 1 aromatic carbocycles. The van der Waals surface area contributed by atoms with Crippen LogP contribution in [-0.2, 0) is 4.74 Å². The second-order valence-corrected chi connectivity index (χ2v) is 4.52. The molecule has 1 aliphatic rings. The van der Waals surface area contributed by atoms with Gasteiger partial charge in [0.05, 0.1) is 19.1 Å². The molecule has 2 heterocycles. The van der Waals surface area contributed by atoms with Crippen molar-refractivity contribution in [3.05, 3.63) is 35.5 Å². The van der Waals surface area contributed by atoms with Gasteiger partial charge in [0.2, 0.25) is 11.7 Å². The summed E-state index contributed by atoms with van der Waals surface area (Å²) < 4.78 is 49.4. The molecule has 2 atom stereocenters. The zero-order valence-corrected chi connectivity index (χ0v) is 10.1. The smallest absolute Gasteiger partial charge is 0.234 e. The minimum atomic E-state index is -1.54. The second kappa shape index (κ2) is 4.88. The molecule has 0 aliphatic carbocycles. The number of ether oxygens (including phenoxy) is 1. The Labute approximate surface area is 111 Å². The third kappa shape index (κ3) is 2.16. The summed E-state index contributed by atoms with van der Waals surface area (Å²) in [5, 5.41) is 3.62. The standard InChI is InChI=1S/C12H10F3N3O2/c13-7-1-5(2-8(14)10(7)15)11-17-12(20-18-11)6-3-19-4-9(6)16/h1-2,6,9H,3-4,16H2. The van der Waals surface area contributed by atoms with Crippen LogP contribution in [-0.4, -0.2) is 29.4 Å². The fourth-order valence-corrected chi connectivity index (χ4v) is 2.01. The van der Waals surface area contributed by atoms with Gasteiger partial charge in [-0.25, -0.2) is 13.2 Å². The van der Waals surface area contributed by atoms with Gasteiger partial charge in [-0.3, -0.25) is 0 Å². The fourth-order valence-electron chi connectivity index (χ4n) is 2.01. The van der Waals surface area contributed by atoms with Crippen LogP contribution in [0.25, 0.3) is 11.4 Å². The molecule has 2 aromatic rings. The Morgan fingerprint density at radius 3 is 2.45 bits per heavy atom. The number of halogens is 3. The molecule has 0 bridgehead atoms. The van der Waals surface area contributed by atoms with Crippen molar-refractivity contribution in [3.63, 3.8) is 0 Å². The normalized spacial score (nSPS) is 22.4. The zero-order chi connectivity index (χ0) is 14.3. The highest BCUT2D eigenvalue weighted by atomic mass is 19.2. The minimum Gasteiger partial charge on any atom is -0.379 e. The summed E-state index contributed by atoms with van der Waals surface area (Å²) in [5.74, 6) is -4.22. The Morgan fingerprint density at radius 1 is 1.15 bits per heavy atom. The minimum absolute atomic E-state index is 0.0103. The molecule has 5 nitrogen and oxygen atoms in total. The lowest BCUT2D eigenvalue weighted by atomic mass is 10.1. The number of hydrogen-bond acceptors (Lipinski definition) is 5. The molecule has 1 fully saturated rings. The summed E-state index contributed by atoms with van der Waals surface area (Å²) in [6.45, 7) is 0.719.